The molecule has 0 spiro atoms. The van der Waals surface area contributed by atoms with Crippen molar-refractivity contribution in [2.45, 2.75) is 19.9 Å². The molecule has 0 amide bonds. The third-order valence-corrected chi connectivity index (χ3v) is 3.46. The van der Waals surface area contributed by atoms with Crippen molar-refractivity contribution in [3.8, 4) is 5.69 Å². The van der Waals surface area contributed by atoms with Crippen molar-refractivity contribution in [2.24, 2.45) is 7.05 Å². The first-order chi connectivity index (χ1) is 10.1. The maximum atomic E-state index is 4.39. The first kappa shape index (κ1) is 13.4. The molecule has 3 aromatic rings. The summed E-state index contributed by atoms with van der Waals surface area (Å²) in [7, 11) is 1.94. The van der Waals surface area contributed by atoms with Crippen LogP contribution in [-0.2, 0) is 7.05 Å². The fraction of sp³-hybridized carbons (Fsp3) is 0.267. The van der Waals surface area contributed by atoms with Gasteiger partial charge < -0.3 is 5.32 Å². The van der Waals surface area contributed by atoms with Crippen LogP contribution in [-0.4, -0.2) is 24.5 Å². The Morgan fingerprint density at radius 3 is 2.62 bits per heavy atom. The number of nitrogens with one attached hydrogen (secondary N) is 1. The number of hydrogen-bond acceptors (Lipinski definition) is 4. The van der Waals surface area contributed by atoms with Crippen LogP contribution in [0.15, 0.2) is 43.1 Å². The molecule has 0 saturated carbocycles. The quantitative estimate of drug-likeness (QED) is 0.798. The molecule has 1 N–H and O–H groups in total. The molecule has 1 aromatic carbocycles. The lowest BCUT2D eigenvalue weighted by molar-refractivity contribution is 0.756. The molecule has 1 atom stereocenters. The SMILES string of the molecule is Cc1nn(C)cc1C(C)Nc1cccc(-n2cnnc2)c1. The minimum atomic E-state index is 0.190. The summed E-state index contributed by atoms with van der Waals surface area (Å²) in [5, 5.41) is 15.6. The van der Waals surface area contributed by atoms with Crippen LogP contribution in [0.25, 0.3) is 5.69 Å². The Balaban J connectivity index is 1.82. The molecule has 0 fully saturated rings. The lowest BCUT2D eigenvalue weighted by Gasteiger charge is -2.15. The Hall–Kier alpha value is -2.63. The van der Waals surface area contributed by atoms with Crippen molar-refractivity contribution in [1.82, 2.24) is 24.5 Å². The number of aryl methyl sites for hydroxylation is 2. The van der Waals surface area contributed by atoms with E-state index in [9.17, 15) is 0 Å². The summed E-state index contributed by atoms with van der Waals surface area (Å²) in [4.78, 5) is 0. The van der Waals surface area contributed by atoms with Crippen molar-refractivity contribution in [2.75, 3.05) is 5.32 Å². The van der Waals surface area contributed by atoms with Crippen LogP contribution in [0.3, 0.4) is 0 Å². The van der Waals surface area contributed by atoms with Gasteiger partial charge in [0.25, 0.3) is 0 Å². The predicted octanol–water partition coefficient (Wildman–Crippen LogP) is 2.48. The van der Waals surface area contributed by atoms with Gasteiger partial charge in [-0.3, -0.25) is 9.25 Å². The van der Waals surface area contributed by atoms with Gasteiger partial charge in [0.1, 0.15) is 12.7 Å². The third kappa shape index (κ3) is 2.79. The van der Waals surface area contributed by atoms with E-state index < -0.39 is 0 Å². The van der Waals surface area contributed by atoms with Crippen LogP contribution < -0.4 is 5.32 Å². The maximum Gasteiger partial charge on any atom is 0.123 e. The average molecular weight is 282 g/mol. The summed E-state index contributed by atoms with van der Waals surface area (Å²) in [5.74, 6) is 0. The van der Waals surface area contributed by atoms with E-state index in [-0.39, 0.29) is 6.04 Å². The predicted molar refractivity (Wildman–Crippen MR) is 81.3 cm³/mol. The zero-order chi connectivity index (χ0) is 14.8. The Bertz CT molecular complexity index is 728. The summed E-state index contributed by atoms with van der Waals surface area (Å²) < 4.78 is 3.72. The van der Waals surface area contributed by atoms with Gasteiger partial charge in [0.2, 0.25) is 0 Å². The highest BCUT2D eigenvalue weighted by Crippen LogP contribution is 2.22. The second-order valence-electron chi connectivity index (χ2n) is 5.13. The normalized spacial score (nSPS) is 12.3. The molecular formula is C15H18N6. The van der Waals surface area contributed by atoms with E-state index in [0.29, 0.717) is 0 Å². The summed E-state index contributed by atoms with van der Waals surface area (Å²) in [5.41, 5.74) is 4.33. The Kier molecular flexibility index (Phi) is 3.43. The van der Waals surface area contributed by atoms with E-state index >= 15 is 0 Å². The highest BCUT2D eigenvalue weighted by atomic mass is 15.3. The van der Waals surface area contributed by atoms with Gasteiger partial charge in [-0.2, -0.15) is 5.10 Å². The largest absolute Gasteiger partial charge is 0.378 e. The zero-order valence-electron chi connectivity index (χ0n) is 12.4. The molecule has 0 radical (unpaired) electrons. The lowest BCUT2D eigenvalue weighted by Crippen LogP contribution is -2.07. The van der Waals surface area contributed by atoms with Gasteiger partial charge in [-0.15, -0.1) is 10.2 Å². The highest BCUT2D eigenvalue weighted by Gasteiger charge is 2.11. The number of aromatic nitrogens is 5. The molecule has 2 heterocycles. The van der Waals surface area contributed by atoms with Gasteiger partial charge in [-0.25, -0.2) is 0 Å². The number of benzene rings is 1. The molecule has 3 rings (SSSR count). The van der Waals surface area contributed by atoms with Crippen molar-refractivity contribution in [3.63, 3.8) is 0 Å². The summed E-state index contributed by atoms with van der Waals surface area (Å²) in [6.07, 6.45) is 5.43. The van der Waals surface area contributed by atoms with E-state index in [1.54, 1.807) is 12.7 Å². The van der Waals surface area contributed by atoms with E-state index in [2.05, 4.69) is 45.9 Å². The van der Waals surface area contributed by atoms with Crippen LogP contribution in [0, 0.1) is 6.92 Å². The molecule has 0 saturated heterocycles. The molecular weight excluding hydrogens is 264 g/mol. The third-order valence-electron chi connectivity index (χ3n) is 3.46. The summed E-state index contributed by atoms with van der Waals surface area (Å²) in [6.45, 7) is 4.16. The average Bonchev–Trinajstić information content (AvgIpc) is 3.08. The Morgan fingerprint density at radius 2 is 1.95 bits per heavy atom. The molecule has 0 aliphatic heterocycles. The van der Waals surface area contributed by atoms with E-state index in [1.165, 1.54) is 5.56 Å². The minimum Gasteiger partial charge on any atom is -0.378 e. The maximum absolute atomic E-state index is 4.39. The second kappa shape index (κ2) is 5.40. The molecule has 21 heavy (non-hydrogen) atoms. The number of rotatable bonds is 4. The van der Waals surface area contributed by atoms with Crippen molar-refractivity contribution >= 4 is 5.69 Å². The van der Waals surface area contributed by atoms with Crippen LogP contribution >= 0.6 is 0 Å². The van der Waals surface area contributed by atoms with E-state index in [4.69, 9.17) is 0 Å². The van der Waals surface area contributed by atoms with Crippen LogP contribution in [0.2, 0.25) is 0 Å². The number of hydrogen-bond donors (Lipinski definition) is 1. The summed E-state index contributed by atoms with van der Waals surface area (Å²) in [6, 6.07) is 8.35. The lowest BCUT2D eigenvalue weighted by atomic mass is 10.1. The highest BCUT2D eigenvalue weighted by molar-refractivity contribution is 5.52. The number of nitrogens with zero attached hydrogens (tertiary/aromatic N) is 5. The van der Waals surface area contributed by atoms with Gasteiger partial charge in [-0.05, 0) is 32.0 Å². The molecule has 0 bridgehead atoms. The van der Waals surface area contributed by atoms with Gasteiger partial charge in [0.05, 0.1) is 17.4 Å². The molecule has 6 heteroatoms. The van der Waals surface area contributed by atoms with Crippen LogP contribution in [0.5, 0.6) is 0 Å². The second-order valence-corrected chi connectivity index (χ2v) is 5.13. The number of anilines is 1. The van der Waals surface area contributed by atoms with Crippen LogP contribution in [0.4, 0.5) is 5.69 Å². The Morgan fingerprint density at radius 1 is 1.19 bits per heavy atom. The van der Waals surface area contributed by atoms with Gasteiger partial charge in [0.15, 0.2) is 0 Å². The first-order valence-corrected chi connectivity index (χ1v) is 6.85. The van der Waals surface area contributed by atoms with Gasteiger partial charge >= 0.3 is 0 Å². The minimum absolute atomic E-state index is 0.190. The first-order valence-electron chi connectivity index (χ1n) is 6.85. The molecule has 2 aromatic heterocycles. The van der Waals surface area contributed by atoms with Crippen molar-refractivity contribution < 1.29 is 0 Å². The zero-order valence-corrected chi connectivity index (χ0v) is 12.4. The Labute approximate surface area is 123 Å². The van der Waals surface area contributed by atoms with Crippen molar-refractivity contribution in [1.29, 1.82) is 0 Å². The van der Waals surface area contributed by atoms with Gasteiger partial charge in [0, 0.05) is 24.5 Å². The molecule has 0 aliphatic carbocycles. The smallest absolute Gasteiger partial charge is 0.123 e. The summed E-state index contributed by atoms with van der Waals surface area (Å²) >= 11 is 0. The molecule has 108 valence electrons. The van der Waals surface area contributed by atoms with Gasteiger partial charge in [-0.1, -0.05) is 6.07 Å². The standard InChI is InChI=1S/C15H18N6/c1-11(15-8-20(3)19-12(15)2)18-13-5-4-6-14(7-13)21-9-16-17-10-21/h4-11,18H,1-3H3. The fourth-order valence-corrected chi connectivity index (χ4v) is 2.46. The fourth-order valence-electron chi connectivity index (χ4n) is 2.46. The van der Waals surface area contributed by atoms with E-state index in [1.807, 2.05) is 35.4 Å². The molecule has 1 unspecified atom stereocenters. The molecule has 6 nitrogen and oxygen atoms in total. The molecule has 0 aliphatic rings. The monoisotopic (exact) mass is 282 g/mol. The van der Waals surface area contributed by atoms with Crippen LogP contribution in [0.1, 0.15) is 24.2 Å². The van der Waals surface area contributed by atoms with E-state index in [0.717, 1.165) is 17.1 Å². The topological polar surface area (TPSA) is 60.6 Å². The van der Waals surface area contributed by atoms with Crippen molar-refractivity contribution in [3.05, 3.63) is 54.4 Å².